The number of hydrogen-bond donors (Lipinski definition) is 1. The molecule has 0 aliphatic heterocycles. The average molecular weight is 227 g/mol. The molecule has 1 heterocycles. The van der Waals surface area contributed by atoms with Crippen molar-refractivity contribution in [3.8, 4) is 0 Å². The predicted molar refractivity (Wildman–Crippen MR) is 44.8 cm³/mol. The molecule has 13 heavy (non-hydrogen) atoms. The van der Waals surface area contributed by atoms with Crippen LogP contribution < -0.4 is 35.3 Å². The fourth-order valence-electron chi connectivity index (χ4n) is 0.752. The van der Waals surface area contributed by atoms with Crippen LogP contribution in [0.1, 0.15) is 14.5 Å². The summed E-state index contributed by atoms with van der Waals surface area (Å²) in [6, 6.07) is 1.28. The monoisotopic (exact) mass is 227 g/mol. The quantitative estimate of drug-likeness (QED) is 0.444. The maximum absolute atomic E-state index is 10.6. The van der Waals surface area contributed by atoms with E-state index in [-0.39, 0.29) is 39.3 Å². The standard InChI is InChI=1S/C6H7NO3S2.Na/c1-3-5(12(9)10)2-4(11-3)6(7)8;/h2H,1H3,(H2,7,8)(H,9,10);/q;+1/p-1. The minimum Gasteiger partial charge on any atom is -0.768 e. The van der Waals surface area contributed by atoms with E-state index in [9.17, 15) is 13.6 Å². The van der Waals surface area contributed by atoms with Gasteiger partial charge in [0.2, 0.25) is 0 Å². The maximum Gasteiger partial charge on any atom is 1.00 e. The summed E-state index contributed by atoms with van der Waals surface area (Å²) in [7, 11) is 0. The summed E-state index contributed by atoms with van der Waals surface area (Å²) < 4.78 is 21.0. The molecule has 7 heteroatoms. The Labute approximate surface area is 104 Å². The second-order valence-corrected chi connectivity index (χ2v) is 4.30. The first kappa shape index (κ1) is 13.3. The summed E-state index contributed by atoms with van der Waals surface area (Å²) in [4.78, 5) is 11.6. The first-order chi connectivity index (χ1) is 5.52. The van der Waals surface area contributed by atoms with Crippen LogP contribution in [-0.4, -0.2) is 14.7 Å². The van der Waals surface area contributed by atoms with Crippen LogP contribution in [0.25, 0.3) is 0 Å². The van der Waals surface area contributed by atoms with Crippen molar-refractivity contribution in [1.82, 2.24) is 0 Å². The number of aryl methyl sites for hydroxylation is 1. The number of carbonyl (C=O) groups is 1. The zero-order valence-corrected chi connectivity index (χ0v) is 10.8. The van der Waals surface area contributed by atoms with Crippen molar-refractivity contribution in [2.45, 2.75) is 11.8 Å². The van der Waals surface area contributed by atoms with Crippen LogP contribution in [0.2, 0.25) is 0 Å². The Kier molecular flexibility index (Phi) is 5.35. The third kappa shape index (κ3) is 3.16. The van der Waals surface area contributed by atoms with Crippen molar-refractivity contribution in [3.63, 3.8) is 0 Å². The SMILES string of the molecule is Cc1sc(C(N)=O)cc1S(=O)[O-].[Na+]. The van der Waals surface area contributed by atoms with Gasteiger partial charge in [-0.3, -0.25) is 9.00 Å². The summed E-state index contributed by atoms with van der Waals surface area (Å²) in [5.74, 6) is -0.597. The molecule has 1 rings (SSSR count). The average Bonchev–Trinajstić information content (AvgIpc) is 2.30. The van der Waals surface area contributed by atoms with Crippen LogP contribution in [0.5, 0.6) is 0 Å². The fourth-order valence-corrected chi connectivity index (χ4v) is 2.37. The van der Waals surface area contributed by atoms with Gasteiger partial charge in [0, 0.05) is 9.77 Å². The van der Waals surface area contributed by atoms with Gasteiger partial charge in [0.15, 0.2) is 0 Å². The number of carbonyl (C=O) groups excluding carboxylic acids is 1. The molecule has 0 radical (unpaired) electrons. The summed E-state index contributed by atoms with van der Waals surface area (Å²) >= 11 is -1.20. The summed E-state index contributed by atoms with van der Waals surface area (Å²) in [5, 5.41) is 0. The number of amides is 1. The Balaban J connectivity index is 0.00000144. The number of thiophene rings is 1. The third-order valence-electron chi connectivity index (χ3n) is 1.29. The van der Waals surface area contributed by atoms with Gasteiger partial charge in [0.25, 0.3) is 5.91 Å². The molecule has 0 spiro atoms. The minimum atomic E-state index is -2.28. The van der Waals surface area contributed by atoms with Crippen molar-refractivity contribution in [3.05, 3.63) is 15.8 Å². The molecule has 66 valence electrons. The van der Waals surface area contributed by atoms with E-state index in [2.05, 4.69) is 0 Å². The third-order valence-corrected chi connectivity index (χ3v) is 3.27. The molecule has 1 atom stereocenters. The van der Waals surface area contributed by atoms with Crippen LogP contribution in [0.4, 0.5) is 0 Å². The van der Waals surface area contributed by atoms with Crippen LogP contribution in [-0.2, 0) is 11.1 Å². The predicted octanol–water partition coefficient (Wildman–Crippen LogP) is -2.60. The van der Waals surface area contributed by atoms with Crippen molar-refractivity contribution in [1.29, 1.82) is 0 Å². The molecular formula is C6H6NNaO3S2. The van der Waals surface area contributed by atoms with Crippen molar-refractivity contribution >= 4 is 28.3 Å². The maximum atomic E-state index is 10.6. The fraction of sp³-hybridized carbons (Fsp3) is 0.167. The Morgan fingerprint density at radius 3 is 2.46 bits per heavy atom. The number of nitrogens with two attached hydrogens (primary N) is 1. The van der Waals surface area contributed by atoms with Crippen molar-refractivity contribution in [2.75, 3.05) is 0 Å². The molecule has 2 N–H and O–H groups in total. The van der Waals surface area contributed by atoms with Crippen molar-refractivity contribution in [2.24, 2.45) is 5.73 Å². The largest absolute Gasteiger partial charge is 1.00 e. The molecule has 1 aromatic rings. The molecule has 4 nitrogen and oxygen atoms in total. The summed E-state index contributed by atoms with van der Waals surface area (Å²) in [6.45, 7) is 1.63. The molecule has 1 aromatic heterocycles. The van der Waals surface area contributed by atoms with Crippen molar-refractivity contribution < 1.29 is 43.1 Å². The van der Waals surface area contributed by atoms with E-state index in [1.54, 1.807) is 6.92 Å². The van der Waals surface area contributed by atoms with E-state index in [4.69, 9.17) is 5.73 Å². The smallest absolute Gasteiger partial charge is 0.768 e. The Bertz CT molecular complexity index is 350. The molecule has 0 saturated carbocycles. The molecule has 0 aliphatic rings. The van der Waals surface area contributed by atoms with E-state index >= 15 is 0 Å². The second-order valence-electron chi connectivity index (χ2n) is 2.13. The Morgan fingerprint density at radius 2 is 2.23 bits per heavy atom. The number of hydrogen-bond acceptors (Lipinski definition) is 4. The molecule has 1 unspecified atom stereocenters. The van der Waals surface area contributed by atoms with Crippen LogP contribution in [0.15, 0.2) is 11.0 Å². The summed E-state index contributed by atoms with van der Waals surface area (Å²) in [5.41, 5.74) is 4.97. The summed E-state index contributed by atoms with van der Waals surface area (Å²) in [6.07, 6.45) is 0. The molecule has 0 aliphatic carbocycles. The van der Waals surface area contributed by atoms with Gasteiger partial charge in [-0.15, -0.1) is 11.3 Å². The second kappa shape index (κ2) is 5.23. The van der Waals surface area contributed by atoms with E-state index in [0.717, 1.165) is 11.3 Å². The van der Waals surface area contributed by atoms with E-state index in [0.29, 0.717) is 4.88 Å². The van der Waals surface area contributed by atoms with Gasteiger partial charge in [0.05, 0.1) is 4.88 Å². The van der Waals surface area contributed by atoms with Gasteiger partial charge in [-0.2, -0.15) is 0 Å². The molecule has 1 amide bonds. The van der Waals surface area contributed by atoms with Gasteiger partial charge in [0.1, 0.15) is 0 Å². The van der Waals surface area contributed by atoms with Crippen LogP contribution in [0.3, 0.4) is 0 Å². The zero-order chi connectivity index (χ0) is 9.30. The van der Waals surface area contributed by atoms with E-state index < -0.39 is 17.0 Å². The molecule has 0 fully saturated rings. The normalized spacial score (nSPS) is 11.8. The topological polar surface area (TPSA) is 83.2 Å². The molecule has 0 bridgehead atoms. The molecule has 0 saturated heterocycles. The zero-order valence-electron chi connectivity index (χ0n) is 7.20. The molecule has 0 aromatic carbocycles. The minimum absolute atomic E-state index is 0. The first-order valence-electron chi connectivity index (χ1n) is 3.02. The van der Waals surface area contributed by atoms with Gasteiger partial charge in [-0.1, -0.05) is 0 Å². The van der Waals surface area contributed by atoms with E-state index in [1.165, 1.54) is 6.07 Å². The van der Waals surface area contributed by atoms with Gasteiger partial charge >= 0.3 is 29.6 Å². The van der Waals surface area contributed by atoms with Crippen LogP contribution >= 0.6 is 11.3 Å². The van der Waals surface area contributed by atoms with E-state index in [1.807, 2.05) is 0 Å². The van der Waals surface area contributed by atoms with Gasteiger partial charge in [-0.25, -0.2) is 0 Å². The number of primary amides is 1. The van der Waals surface area contributed by atoms with Crippen LogP contribution in [0, 0.1) is 6.92 Å². The number of rotatable bonds is 2. The van der Waals surface area contributed by atoms with Gasteiger partial charge in [-0.05, 0) is 24.1 Å². The first-order valence-corrected chi connectivity index (χ1v) is 4.91. The van der Waals surface area contributed by atoms with Gasteiger partial charge < -0.3 is 10.3 Å². The molecular weight excluding hydrogens is 221 g/mol. The Hall–Kier alpha value is 0.280. The Morgan fingerprint density at radius 1 is 1.69 bits per heavy atom.